The highest BCUT2D eigenvalue weighted by atomic mass is 16.5. The molecule has 1 atom stereocenters. The van der Waals surface area contributed by atoms with Crippen molar-refractivity contribution in [2.45, 2.75) is 70.4 Å². The Morgan fingerprint density at radius 3 is 2.56 bits per heavy atom. The fourth-order valence-corrected chi connectivity index (χ4v) is 4.35. The van der Waals surface area contributed by atoms with Gasteiger partial charge in [0.2, 0.25) is 5.91 Å². The molecule has 2 aliphatic heterocycles. The maximum Gasteiger partial charge on any atom is 0.328 e. The van der Waals surface area contributed by atoms with E-state index in [0.29, 0.717) is 31.7 Å². The highest BCUT2D eigenvalue weighted by Gasteiger charge is 2.52. The normalized spacial score (nSPS) is 31.2. The summed E-state index contributed by atoms with van der Waals surface area (Å²) >= 11 is 0. The first-order valence-corrected chi connectivity index (χ1v) is 9.98. The van der Waals surface area contributed by atoms with Gasteiger partial charge in [0.25, 0.3) is 5.91 Å². The van der Waals surface area contributed by atoms with Crippen LogP contribution in [0.3, 0.4) is 0 Å². The van der Waals surface area contributed by atoms with Gasteiger partial charge < -0.3 is 15.0 Å². The van der Waals surface area contributed by atoms with Crippen molar-refractivity contribution in [2.24, 2.45) is 5.92 Å². The number of esters is 1. The van der Waals surface area contributed by atoms with E-state index >= 15 is 0 Å². The number of piperidine rings is 1. The van der Waals surface area contributed by atoms with Crippen molar-refractivity contribution in [1.29, 1.82) is 0 Å². The van der Waals surface area contributed by atoms with E-state index in [-0.39, 0.29) is 25.0 Å². The average molecular weight is 379 g/mol. The van der Waals surface area contributed by atoms with Gasteiger partial charge in [0.15, 0.2) is 0 Å². The summed E-state index contributed by atoms with van der Waals surface area (Å²) in [4.78, 5) is 52.8. The van der Waals surface area contributed by atoms with Crippen LogP contribution in [0.15, 0.2) is 0 Å². The molecule has 150 valence electrons. The van der Waals surface area contributed by atoms with Crippen LogP contribution in [0.2, 0.25) is 0 Å². The van der Waals surface area contributed by atoms with Crippen molar-refractivity contribution in [3.05, 3.63) is 0 Å². The Bertz CT molecular complexity index is 627. The van der Waals surface area contributed by atoms with E-state index in [1.54, 1.807) is 6.92 Å². The lowest BCUT2D eigenvalue weighted by atomic mass is 9.77. The fraction of sp³-hybridized carbons (Fsp3) is 0.789. The maximum absolute atomic E-state index is 12.9. The highest BCUT2D eigenvalue weighted by molar-refractivity contribution is 6.09. The third-order valence-corrected chi connectivity index (χ3v) is 6.05. The predicted molar refractivity (Wildman–Crippen MR) is 96.6 cm³/mol. The Balaban J connectivity index is 1.68. The smallest absolute Gasteiger partial charge is 0.328 e. The van der Waals surface area contributed by atoms with Crippen molar-refractivity contribution in [1.82, 2.24) is 15.1 Å². The number of carbonyl (C=O) groups excluding carboxylic acids is 4. The number of rotatable bonds is 4. The molecule has 3 rings (SSSR count). The summed E-state index contributed by atoms with van der Waals surface area (Å²) in [6.45, 7) is 4.24. The van der Waals surface area contributed by atoms with Crippen molar-refractivity contribution in [3.8, 4) is 0 Å². The molecule has 2 saturated heterocycles. The van der Waals surface area contributed by atoms with Crippen molar-refractivity contribution < 1.29 is 23.9 Å². The summed E-state index contributed by atoms with van der Waals surface area (Å²) in [5, 5.41) is 2.83. The summed E-state index contributed by atoms with van der Waals surface area (Å²) in [7, 11) is 0. The molecule has 1 aliphatic carbocycles. The van der Waals surface area contributed by atoms with Gasteiger partial charge in [-0.1, -0.05) is 6.92 Å². The van der Waals surface area contributed by atoms with Crippen LogP contribution in [-0.4, -0.2) is 64.9 Å². The number of carbonyl (C=O) groups is 4. The number of nitrogens with zero attached hydrogens (tertiary/aromatic N) is 2. The van der Waals surface area contributed by atoms with Crippen molar-refractivity contribution in [3.63, 3.8) is 0 Å². The molecule has 0 bridgehead atoms. The van der Waals surface area contributed by atoms with Crippen molar-refractivity contribution >= 4 is 23.8 Å². The molecule has 3 fully saturated rings. The minimum Gasteiger partial charge on any atom is -0.464 e. The van der Waals surface area contributed by atoms with Crippen molar-refractivity contribution in [2.75, 3.05) is 19.7 Å². The zero-order valence-corrected chi connectivity index (χ0v) is 16.2. The van der Waals surface area contributed by atoms with Gasteiger partial charge in [-0.2, -0.15) is 0 Å². The summed E-state index contributed by atoms with van der Waals surface area (Å²) < 4.78 is 5.08. The van der Waals surface area contributed by atoms with Crippen LogP contribution in [0.1, 0.15) is 58.8 Å². The quantitative estimate of drug-likeness (QED) is 0.589. The molecular weight excluding hydrogens is 350 g/mol. The van der Waals surface area contributed by atoms with Crippen LogP contribution >= 0.6 is 0 Å². The minimum absolute atomic E-state index is 0.255. The number of urea groups is 1. The number of hydrogen-bond donors (Lipinski definition) is 1. The molecule has 8 nitrogen and oxygen atoms in total. The summed E-state index contributed by atoms with van der Waals surface area (Å²) in [6.07, 6.45) is 5.17. The van der Waals surface area contributed by atoms with Gasteiger partial charge in [0.1, 0.15) is 18.1 Å². The molecule has 3 aliphatic rings. The van der Waals surface area contributed by atoms with Gasteiger partial charge >= 0.3 is 12.0 Å². The molecule has 1 spiro atoms. The van der Waals surface area contributed by atoms with E-state index in [1.165, 1.54) is 4.90 Å². The van der Waals surface area contributed by atoms with Gasteiger partial charge in [-0.25, -0.2) is 9.59 Å². The van der Waals surface area contributed by atoms with Gasteiger partial charge in [0.05, 0.1) is 6.61 Å². The molecule has 27 heavy (non-hydrogen) atoms. The van der Waals surface area contributed by atoms with Crippen LogP contribution in [0, 0.1) is 5.92 Å². The van der Waals surface area contributed by atoms with Gasteiger partial charge in [-0.15, -0.1) is 0 Å². The maximum atomic E-state index is 12.9. The molecule has 0 aromatic heterocycles. The monoisotopic (exact) mass is 379 g/mol. The van der Waals surface area contributed by atoms with Gasteiger partial charge in [-0.3, -0.25) is 14.5 Å². The lowest BCUT2D eigenvalue weighted by molar-refractivity contribution is -0.157. The standard InChI is InChI=1S/C19H29N3O5/c1-3-27-16(24)14-6-4-5-11-21(14)15(23)12-22-17(25)19(20-18(22)26)9-7-13(2)8-10-19/h13-14H,3-12H2,1-2H3,(H,20,26). The number of likely N-dealkylation sites (tertiary alicyclic amines) is 1. The Morgan fingerprint density at radius 1 is 1.19 bits per heavy atom. The Morgan fingerprint density at radius 2 is 1.89 bits per heavy atom. The fourth-order valence-electron chi connectivity index (χ4n) is 4.35. The highest BCUT2D eigenvalue weighted by Crippen LogP contribution is 2.36. The molecule has 0 aromatic carbocycles. The first-order chi connectivity index (χ1) is 12.9. The molecule has 4 amide bonds. The van der Waals surface area contributed by atoms with E-state index in [2.05, 4.69) is 12.2 Å². The predicted octanol–water partition coefficient (Wildman–Crippen LogP) is 1.43. The van der Waals surface area contributed by atoms with Crippen LogP contribution < -0.4 is 5.32 Å². The number of imide groups is 1. The Kier molecular flexibility index (Phi) is 5.72. The van der Waals surface area contributed by atoms with E-state index in [9.17, 15) is 19.2 Å². The summed E-state index contributed by atoms with van der Waals surface area (Å²) in [6, 6.07) is -1.14. The van der Waals surface area contributed by atoms with Crippen LogP contribution in [-0.2, 0) is 19.1 Å². The molecule has 1 N–H and O–H groups in total. The largest absolute Gasteiger partial charge is 0.464 e. The minimum atomic E-state index is -0.855. The first kappa shape index (κ1) is 19.6. The zero-order chi connectivity index (χ0) is 19.6. The second-order valence-corrected chi connectivity index (χ2v) is 7.94. The second kappa shape index (κ2) is 7.86. The van der Waals surface area contributed by atoms with E-state index < -0.39 is 23.6 Å². The SMILES string of the molecule is CCOC(=O)C1CCCCN1C(=O)CN1C(=O)NC2(CCC(C)CC2)C1=O. The lowest BCUT2D eigenvalue weighted by Gasteiger charge is -2.35. The molecular formula is C19H29N3O5. The molecule has 8 heteroatoms. The zero-order valence-electron chi connectivity index (χ0n) is 16.2. The molecule has 2 heterocycles. The number of nitrogens with one attached hydrogen (secondary N) is 1. The van der Waals surface area contributed by atoms with Gasteiger partial charge in [0, 0.05) is 6.54 Å². The molecule has 1 unspecified atom stereocenters. The number of amides is 4. The third-order valence-electron chi connectivity index (χ3n) is 6.05. The summed E-state index contributed by atoms with van der Waals surface area (Å²) in [5.74, 6) is -0.565. The Hall–Kier alpha value is -2.12. The Labute approximate surface area is 159 Å². The third kappa shape index (κ3) is 3.80. The molecule has 1 saturated carbocycles. The lowest BCUT2D eigenvalue weighted by Crippen LogP contribution is -2.53. The van der Waals surface area contributed by atoms with Gasteiger partial charge in [-0.05, 0) is 57.8 Å². The van der Waals surface area contributed by atoms with E-state index in [1.807, 2.05) is 0 Å². The van der Waals surface area contributed by atoms with Crippen LogP contribution in [0.5, 0.6) is 0 Å². The molecule has 0 aromatic rings. The van der Waals surface area contributed by atoms with E-state index in [0.717, 1.165) is 30.6 Å². The van der Waals surface area contributed by atoms with Crippen LogP contribution in [0.25, 0.3) is 0 Å². The first-order valence-electron chi connectivity index (χ1n) is 9.98. The summed E-state index contributed by atoms with van der Waals surface area (Å²) in [5.41, 5.74) is -0.855. The topological polar surface area (TPSA) is 96.0 Å². The van der Waals surface area contributed by atoms with Crippen LogP contribution in [0.4, 0.5) is 4.79 Å². The second-order valence-electron chi connectivity index (χ2n) is 7.94. The number of ether oxygens (including phenoxy) is 1. The molecule has 0 radical (unpaired) electrons. The van der Waals surface area contributed by atoms with E-state index in [4.69, 9.17) is 4.74 Å². The number of hydrogen-bond acceptors (Lipinski definition) is 5. The average Bonchev–Trinajstić information content (AvgIpc) is 2.88.